The molecule has 5 nitrogen and oxygen atoms in total. The van der Waals surface area contributed by atoms with E-state index in [1.165, 1.54) is 18.4 Å². The van der Waals surface area contributed by atoms with Crippen molar-refractivity contribution in [2.45, 2.75) is 25.4 Å². The molecular formula is C22H23Cl2N5. The maximum atomic E-state index is 6.17. The van der Waals surface area contributed by atoms with Crippen molar-refractivity contribution in [3.05, 3.63) is 58.1 Å². The van der Waals surface area contributed by atoms with Crippen LogP contribution in [0.5, 0.6) is 0 Å². The third-order valence-corrected chi connectivity index (χ3v) is 6.27. The number of fused-ring (bicyclic) bond motifs is 1. The summed E-state index contributed by atoms with van der Waals surface area (Å²) in [5, 5.41) is 4.80. The third kappa shape index (κ3) is 4.27. The van der Waals surface area contributed by atoms with Crippen molar-refractivity contribution in [3.63, 3.8) is 0 Å². The predicted octanol–water partition coefficient (Wildman–Crippen LogP) is 4.83. The Balaban J connectivity index is 1.32. The largest absolute Gasteiger partial charge is 0.364 e. The van der Waals surface area contributed by atoms with Gasteiger partial charge in [-0.05, 0) is 42.7 Å². The molecule has 1 aliphatic carbocycles. The minimum Gasteiger partial charge on any atom is -0.364 e. The Morgan fingerprint density at radius 3 is 2.31 bits per heavy atom. The molecule has 0 bridgehead atoms. The van der Waals surface area contributed by atoms with Gasteiger partial charge in [-0.1, -0.05) is 41.4 Å². The van der Waals surface area contributed by atoms with Crippen LogP contribution in [0.3, 0.4) is 0 Å². The van der Waals surface area contributed by atoms with Crippen LogP contribution < -0.4 is 10.2 Å². The molecule has 1 N–H and O–H groups in total. The molecule has 2 heterocycles. The highest BCUT2D eigenvalue weighted by Gasteiger charge is 2.26. The van der Waals surface area contributed by atoms with Crippen molar-refractivity contribution >= 4 is 45.9 Å². The van der Waals surface area contributed by atoms with Crippen molar-refractivity contribution in [2.75, 3.05) is 36.4 Å². The molecule has 1 aliphatic heterocycles. The van der Waals surface area contributed by atoms with E-state index in [2.05, 4.69) is 15.1 Å². The summed E-state index contributed by atoms with van der Waals surface area (Å²) in [7, 11) is 0. The fourth-order valence-electron chi connectivity index (χ4n) is 3.74. The number of piperazine rings is 1. The fourth-order valence-corrected chi connectivity index (χ4v) is 4.06. The smallest absolute Gasteiger partial charge is 0.172 e. The Bertz CT molecular complexity index is 1030. The number of aromatic nitrogens is 2. The second kappa shape index (κ2) is 7.98. The van der Waals surface area contributed by atoms with Crippen LogP contribution in [0.15, 0.2) is 42.5 Å². The minimum absolute atomic E-state index is 0.542. The van der Waals surface area contributed by atoms with Gasteiger partial charge in [0.2, 0.25) is 0 Å². The number of benzene rings is 2. The SMILES string of the molecule is Clc1ccc(CN2CCN(c3nc4ccccc4nc3NC3CC3)CC2)cc1Cl. The van der Waals surface area contributed by atoms with Gasteiger partial charge in [-0.2, -0.15) is 0 Å². The second-order valence-corrected chi connectivity index (χ2v) is 8.63. The Labute approximate surface area is 180 Å². The molecule has 1 saturated carbocycles. The number of hydrogen-bond donors (Lipinski definition) is 1. The number of rotatable bonds is 5. The Morgan fingerprint density at radius 1 is 0.897 bits per heavy atom. The molecule has 2 aliphatic rings. The monoisotopic (exact) mass is 427 g/mol. The molecule has 150 valence electrons. The zero-order valence-electron chi connectivity index (χ0n) is 16.1. The van der Waals surface area contributed by atoms with E-state index in [1.54, 1.807) is 0 Å². The van der Waals surface area contributed by atoms with Crippen molar-refractivity contribution in [1.82, 2.24) is 14.9 Å². The van der Waals surface area contributed by atoms with Gasteiger partial charge in [0, 0.05) is 38.8 Å². The molecule has 1 saturated heterocycles. The Kier molecular flexibility index (Phi) is 5.20. The molecule has 2 fully saturated rings. The van der Waals surface area contributed by atoms with Gasteiger partial charge in [0.1, 0.15) is 0 Å². The van der Waals surface area contributed by atoms with Crippen molar-refractivity contribution in [2.24, 2.45) is 0 Å². The molecule has 0 radical (unpaired) electrons. The van der Waals surface area contributed by atoms with Gasteiger partial charge in [0.05, 0.1) is 21.1 Å². The van der Waals surface area contributed by atoms with Gasteiger partial charge in [-0.3, -0.25) is 4.90 Å². The van der Waals surface area contributed by atoms with Gasteiger partial charge in [-0.25, -0.2) is 9.97 Å². The number of nitrogens with zero attached hydrogens (tertiary/aromatic N) is 4. The van der Waals surface area contributed by atoms with Gasteiger partial charge >= 0.3 is 0 Å². The van der Waals surface area contributed by atoms with Gasteiger partial charge in [0.25, 0.3) is 0 Å². The van der Waals surface area contributed by atoms with Crippen LogP contribution in [0.2, 0.25) is 10.0 Å². The predicted molar refractivity (Wildman–Crippen MR) is 120 cm³/mol. The van der Waals surface area contributed by atoms with E-state index in [1.807, 2.05) is 42.5 Å². The van der Waals surface area contributed by atoms with E-state index in [9.17, 15) is 0 Å². The van der Waals surface area contributed by atoms with Gasteiger partial charge < -0.3 is 10.2 Å². The summed E-state index contributed by atoms with van der Waals surface area (Å²) < 4.78 is 0. The van der Waals surface area contributed by atoms with Crippen LogP contribution in [-0.4, -0.2) is 47.1 Å². The summed E-state index contributed by atoms with van der Waals surface area (Å²) in [5.74, 6) is 1.90. The molecule has 2 aromatic carbocycles. The third-order valence-electron chi connectivity index (χ3n) is 5.53. The summed E-state index contributed by atoms with van der Waals surface area (Å²) in [6.45, 7) is 4.66. The van der Waals surface area contributed by atoms with E-state index < -0.39 is 0 Å². The van der Waals surface area contributed by atoms with E-state index in [4.69, 9.17) is 33.2 Å². The fraction of sp³-hybridized carbons (Fsp3) is 0.364. The van der Waals surface area contributed by atoms with Crippen molar-refractivity contribution in [3.8, 4) is 0 Å². The van der Waals surface area contributed by atoms with Crippen LogP contribution >= 0.6 is 23.2 Å². The first-order chi connectivity index (χ1) is 14.2. The normalized spacial score (nSPS) is 17.7. The van der Waals surface area contributed by atoms with Crippen LogP contribution in [0.4, 0.5) is 11.6 Å². The highest BCUT2D eigenvalue weighted by Crippen LogP contribution is 2.31. The van der Waals surface area contributed by atoms with E-state index in [-0.39, 0.29) is 0 Å². The number of anilines is 2. The van der Waals surface area contributed by atoms with Gasteiger partial charge in [0.15, 0.2) is 11.6 Å². The highest BCUT2D eigenvalue weighted by atomic mass is 35.5. The molecular weight excluding hydrogens is 405 g/mol. The highest BCUT2D eigenvalue weighted by molar-refractivity contribution is 6.42. The molecule has 29 heavy (non-hydrogen) atoms. The lowest BCUT2D eigenvalue weighted by atomic mass is 10.2. The van der Waals surface area contributed by atoms with Crippen molar-refractivity contribution in [1.29, 1.82) is 0 Å². The number of hydrogen-bond acceptors (Lipinski definition) is 5. The average molecular weight is 428 g/mol. The Morgan fingerprint density at radius 2 is 1.62 bits per heavy atom. The molecule has 0 atom stereocenters. The summed E-state index contributed by atoms with van der Waals surface area (Å²) >= 11 is 12.2. The summed E-state index contributed by atoms with van der Waals surface area (Å²) in [6, 6.07) is 14.5. The molecule has 0 spiro atoms. The number of halogens is 2. The molecule has 5 rings (SSSR count). The maximum Gasteiger partial charge on any atom is 0.172 e. The molecule has 0 unspecified atom stereocenters. The minimum atomic E-state index is 0.542. The van der Waals surface area contributed by atoms with Gasteiger partial charge in [-0.15, -0.1) is 0 Å². The summed E-state index contributed by atoms with van der Waals surface area (Å²) in [6.07, 6.45) is 2.43. The topological polar surface area (TPSA) is 44.3 Å². The van der Waals surface area contributed by atoms with Crippen molar-refractivity contribution < 1.29 is 0 Å². The van der Waals surface area contributed by atoms with E-state index >= 15 is 0 Å². The molecule has 1 aromatic heterocycles. The lowest BCUT2D eigenvalue weighted by molar-refractivity contribution is 0.249. The van der Waals surface area contributed by atoms with E-state index in [0.717, 1.165) is 55.4 Å². The van der Waals surface area contributed by atoms with Crippen LogP contribution in [-0.2, 0) is 6.54 Å². The molecule has 3 aromatic rings. The lowest BCUT2D eigenvalue weighted by Crippen LogP contribution is -2.46. The Hall–Kier alpha value is -2.08. The zero-order valence-corrected chi connectivity index (χ0v) is 17.6. The number of nitrogens with one attached hydrogen (secondary N) is 1. The zero-order chi connectivity index (χ0) is 19.8. The first-order valence-electron chi connectivity index (χ1n) is 10.1. The lowest BCUT2D eigenvalue weighted by Gasteiger charge is -2.36. The maximum absolute atomic E-state index is 6.17. The summed E-state index contributed by atoms with van der Waals surface area (Å²) in [5.41, 5.74) is 3.08. The quantitative estimate of drug-likeness (QED) is 0.631. The first-order valence-corrected chi connectivity index (χ1v) is 10.9. The molecule has 7 heteroatoms. The van der Waals surface area contributed by atoms with Crippen LogP contribution in [0, 0.1) is 0 Å². The van der Waals surface area contributed by atoms with Crippen LogP contribution in [0.1, 0.15) is 18.4 Å². The standard InChI is InChI=1S/C22H23Cl2N5/c23-17-8-5-15(13-18(17)24)14-28-9-11-29(12-10-28)22-21(25-16-6-7-16)26-19-3-1-2-4-20(19)27-22/h1-5,8,13,16H,6-7,9-12,14H2,(H,25,26). The second-order valence-electron chi connectivity index (χ2n) is 7.81. The summed E-state index contributed by atoms with van der Waals surface area (Å²) in [4.78, 5) is 14.6. The number of para-hydroxylation sites is 2. The molecule has 0 amide bonds. The average Bonchev–Trinajstić information content (AvgIpc) is 3.55. The van der Waals surface area contributed by atoms with Crippen LogP contribution in [0.25, 0.3) is 11.0 Å². The van der Waals surface area contributed by atoms with E-state index in [0.29, 0.717) is 16.1 Å². The first kappa shape index (κ1) is 18.9.